The van der Waals surface area contributed by atoms with E-state index in [1.165, 1.54) is 6.92 Å². The second-order valence-corrected chi connectivity index (χ2v) is 14.4. The molecule has 2 aliphatic rings. The number of carbonyl (C=O) groups is 4. The number of rotatable bonds is 10. The zero-order chi connectivity index (χ0) is 31.7. The second-order valence-electron chi connectivity index (χ2n) is 14.4. The first-order valence-electron chi connectivity index (χ1n) is 15.4. The smallest absolute Gasteiger partial charge is 0.310 e. The Hall–Kier alpha value is -3.17. The van der Waals surface area contributed by atoms with Crippen molar-refractivity contribution in [3.05, 3.63) is 52.3 Å². The lowest BCUT2D eigenvalue weighted by atomic mass is 9.76. The number of nitrogens with zero attached hydrogens (tertiary/aromatic N) is 2. The van der Waals surface area contributed by atoms with E-state index in [0.29, 0.717) is 35.4 Å². The van der Waals surface area contributed by atoms with E-state index in [1.807, 2.05) is 40.2 Å². The lowest BCUT2D eigenvalue weighted by Crippen LogP contribution is -3.00. The fourth-order valence-corrected chi connectivity index (χ4v) is 6.81. The molecule has 1 saturated carbocycles. The molecule has 2 N–H and O–H groups in total. The Morgan fingerprint density at radius 1 is 1.07 bits per heavy atom. The molecule has 1 amide bonds. The fraction of sp³-hybridized carbons (Fsp3) is 0.588. The molecule has 2 aliphatic carbocycles. The molecule has 1 atom stereocenters. The molecule has 1 aromatic carbocycles. The van der Waals surface area contributed by atoms with Crippen LogP contribution in [0, 0.1) is 18.3 Å². The highest BCUT2D eigenvalue weighted by atomic mass is 35.5. The fourth-order valence-electron chi connectivity index (χ4n) is 6.81. The second kappa shape index (κ2) is 13.9. The normalized spacial score (nSPS) is 20.2. The number of aryl methyl sites for hydroxylation is 1. The van der Waals surface area contributed by atoms with Gasteiger partial charge in [-0.15, -0.1) is 0 Å². The minimum Gasteiger partial charge on any atom is -1.00 e. The van der Waals surface area contributed by atoms with Crippen molar-refractivity contribution < 1.29 is 45.5 Å². The predicted molar refractivity (Wildman–Crippen MR) is 164 cm³/mol. The van der Waals surface area contributed by atoms with Crippen LogP contribution >= 0.6 is 0 Å². The van der Waals surface area contributed by atoms with Gasteiger partial charge in [0.15, 0.2) is 11.9 Å². The number of fused-ring (bicyclic) bond motifs is 1. The SMILES string of the molecule is CC(=O)OC(CC(=O)OC1CCC(Cc2cc(-n3c(C)cc4c3CC(C)(C)CC4=O)ccc2C(N)=O)CC1)C[N+](C)(C)C.[Cl-]. The van der Waals surface area contributed by atoms with Crippen LogP contribution in [0.5, 0.6) is 0 Å². The molecule has 0 saturated heterocycles. The number of ether oxygens (including phenoxy) is 2. The standard InChI is InChI=1S/C34H47N3O6.ClH/c1-21-14-29-30(18-34(3,4)19-31(29)39)36(21)25-10-13-28(33(35)41)24(16-25)15-23-8-11-26(12-9-23)43-32(40)17-27(42-22(2)38)20-37(5,6)7;/h10,13-14,16,23,26-27H,8-9,11-12,15,17-20H2,1-7H3,(H-,35,41);1H. The number of carbonyl (C=O) groups excluding carboxylic acids is 4. The topological polar surface area (TPSA) is 118 Å². The Bertz CT molecular complexity index is 1400. The summed E-state index contributed by atoms with van der Waals surface area (Å²) in [5, 5.41) is 0. The van der Waals surface area contributed by atoms with Crippen molar-refractivity contribution >= 4 is 23.6 Å². The summed E-state index contributed by atoms with van der Waals surface area (Å²) in [5.74, 6) is -0.720. The maximum atomic E-state index is 12.9. The Balaban J connectivity index is 0.00000529. The summed E-state index contributed by atoms with van der Waals surface area (Å²) in [6.45, 7) is 8.13. The first kappa shape index (κ1) is 35.3. The number of primary amides is 1. The third-order valence-corrected chi connectivity index (χ3v) is 8.56. The number of hydrogen-bond acceptors (Lipinski definition) is 6. The van der Waals surface area contributed by atoms with Crippen molar-refractivity contribution in [2.75, 3.05) is 27.7 Å². The molecular formula is C34H48ClN3O6. The molecule has 0 spiro atoms. The van der Waals surface area contributed by atoms with E-state index in [0.717, 1.165) is 60.3 Å². The number of halogens is 1. The Kier molecular flexibility index (Phi) is 11.1. The molecule has 9 nitrogen and oxygen atoms in total. The Labute approximate surface area is 267 Å². The minimum atomic E-state index is -0.528. The van der Waals surface area contributed by atoms with Crippen molar-refractivity contribution in [2.24, 2.45) is 17.1 Å². The van der Waals surface area contributed by atoms with Crippen LogP contribution in [0.25, 0.3) is 5.69 Å². The average molecular weight is 630 g/mol. The summed E-state index contributed by atoms with van der Waals surface area (Å²) >= 11 is 0. The molecule has 4 rings (SSSR count). The van der Waals surface area contributed by atoms with Gasteiger partial charge in [-0.25, -0.2) is 0 Å². The molecule has 10 heteroatoms. The van der Waals surface area contributed by atoms with E-state index in [1.54, 1.807) is 6.07 Å². The van der Waals surface area contributed by atoms with Crippen LogP contribution in [-0.2, 0) is 31.9 Å². The van der Waals surface area contributed by atoms with Gasteiger partial charge in [-0.05, 0) is 86.6 Å². The van der Waals surface area contributed by atoms with E-state index in [-0.39, 0.29) is 42.1 Å². The van der Waals surface area contributed by atoms with Crippen LogP contribution in [0.15, 0.2) is 24.3 Å². The van der Waals surface area contributed by atoms with Crippen molar-refractivity contribution in [2.45, 2.75) is 91.3 Å². The van der Waals surface area contributed by atoms with Crippen molar-refractivity contribution in [1.82, 2.24) is 4.57 Å². The van der Waals surface area contributed by atoms with Gasteiger partial charge in [0.25, 0.3) is 0 Å². The molecule has 242 valence electrons. The quantitative estimate of drug-likeness (QED) is 0.316. The van der Waals surface area contributed by atoms with Gasteiger partial charge in [-0.1, -0.05) is 13.8 Å². The molecule has 44 heavy (non-hydrogen) atoms. The Morgan fingerprint density at radius 3 is 2.32 bits per heavy atom. The van der Waals surface area contributed by atoms with Gasteiger partial charge in [-0.3, -0.25) is 19.2 Å². The number of Topliss-reactive ketones (excluding diaryl/α,β-unsaturated/α-hetero) is 1. The number of likely N-dealkylation sites (N-methyl/N-ethyl adjacent to an activating group) is 1. The van der Waals surface area contributed by atoms with E-state index in [9.17, 15) is 19.2 Å². The summed E-state index contributed by atoms with van der Waals surface area (Å²) in [7, 11) is 5.95. The average Bonchev–Trinajstić information content (AvgIpc) is 3.18. The number of quaternary nitrogens is 1. The van der Waals surface area contributed by atoms with Gasteiger partial charge < -0.3 is 36.7 Å². The maximum Gasteiger partial charge on any atom is 0.310 e. The number of benzene rings is 1. The van der Waals surface area contributed by atoms with Gasteiger partial charge in [0.05, 0.1) is 27.6 Å². The number of esters is 2. The summed E-state index contributed by atoms with van der Waals surface area (Å²) in [6, 6.07) is 7.75. The van der Waals surface area contributed by atoms with Crippen LogP contribution in [0.2, 0.25) is 0 Å². The van der Waals surface area contributed by atoms with Crippen LogP contribution < -0.4 is 18.1 Å². The van der Waals surface area contributed by atoms with Crippen LogP contribution in [0.4, 0.5) is 0 Å². The van der Waals surface area contributed by atoms with Gasteiger partial charge in [0.1, 0.15) is 12.6 Å². The summed E-state index contributed by atoms with van der Waals surface area (Å²) in [4.78, 5) is 49.5. The zero-order valence-electron chi connectivity index (χ0n) is 27.2. The summed E-state index contributed by atoms with van der Waals surface area (Å²) in [5.41, 5.74) is 10.8. The maximum absolute atomic E-state index is 12.9. The van der Waals surface area contributed by atoms with Crippen LogP contribution in [-0.4, -0.2) is 72.6 Å². The van der Waals surface area contributed by atoms with Crippen molar-refractivity contribution in [3.63, 3.8) is 0 Å². The van der Waals surface area contributed by atoms with Crippen LogP contribution in [0.3, 0.4) is 0 Å². The molecule has 1 aromatic heterocycles. The van der Waals surface area contributed by atoms with E-state index >= 15 is 0 Å². The number of nitrogens with two attached hydrogens (primary N) is 1. The van der Waals surface area contributed by atoms with Gasteiger partial charge >= 0.3 is 11.9 Å². The van der Waals surface area contributed by atoms with Crippen LogP contribution in [0.1, 0.15) is 97.0 Å². The molecule has 0 bridgehead atoms. The van der Waals surface area contributed by atoms with Gasteiger partial charge in [0.2, 0.25) is 5.91 Å². The molecular weight excluding hydrogens is 582 g/mol. The van der Waals surface area contributed by atoms with Gasteiger partial charge in [0, 0.05) is 41.5 Å². The molecule has 0 aliphatic heterocycles. The van der Waals surface area contributed by atoms with Gasteiger partial charge in [-0.2, -0.15) is 0 Å². The largest absolute Gasteiger partial charge is 1.00 e. The number of aromatic nitrogens is 1. The van der Waals surface area contributed by atoms with E-state index < -0.39 is 18.0 Å². The molecule has 0 radical (unpaired) electrons. The highest BCUT2D eigenvalue weighted by Crippen LogP contribution is 2.38. The third kappa shape index (κ3) is 8.94. The highest BCUT2D eigenvalue weighted by molar-refractivity contribution is 5.99. The summed E-state index contributed by atoms with van der Waals surface area (Å²) < 4.78 is 13.9. The number of ketones is 1. The molecule has 2 aromatic rings. The first-order valence-corrected chi connectivity index (χ1v) is 15.4. The molecule has 1 unspecified atom stereocenters. The number of hydrogen-bond donors (Lipinski definition) is 1. The lowest BCUT2D eigenvalue weighted by molar-refractivity contribution is -0.873. The number of amides is 1. The minimum absolute atomic E-state index is 0. The van der Waals surface area contributed by atoms with E-state index in [4.69, 9.17) is 15.2 Å². The highest BCUT2D eigenvalue weighted by Gasteiger charge is 2.34. The van der Waals surface area contributed by atoms with Crippen molar-refractivity contribution in [1.29, 1.82) is 0 Å². The van der Waals surface area contributed by atoms with E-state index in [2.05, 4.69) is 24.5 Å². The predicted octanol–water partition coefficient (Wildman–Crippen LogP) is 1.72. The monoisotopic (exact) mass is 629 g/mol. The first-order chi connectivity index (χ1) is 20.0. The lowest BCUT2D eigenvalue weighted by Gasteiger charge is -2.31. The van der Waals surface area contributed by atoms with Crippen molar-refractivity contribution in [3.8, 4) is 5.69 Å². The molecule has 1 fully saturated rings. The summed E-state index contributed by atoms with van der Waals surface area (Å²) in [6.07, 6.45) is 4.54. The third-order valence-electron chi connectivity index (χ3n) is 8.56. The molecule has 1 heterocycles. The zero-order valence-corrected chi connectivity index (χ0v) is 28.0. The Morgan fingerprint density at radius 2 is 1.73 bits per heavy atom.